The van der Waals surface area contributed by atoms with Crippen LogP contribution in [0.3, 0.4) is 0 Å². The zero-order chi connectivity index (χ0) is 14.3. The second-order valence-corrected chi connectivity index (χ2v) is 4.79. The fourth-order valence-corrected chi connectivity index (χ4v) is 1.32. The van der Waals surface area contributed by atoms with Crippen molar-refractivity contribution in [3.05, 3.63) is 12.1 Å². The van der Waals surface area contributed by atoms with Crippen LogP contribution in [0.25, 0.3) is 0 Å². The maximum atomic E-state index is 11.4. The van der Waals surface area contributed by atoms with Crippen LogP contribution < -0.4 is 16.0 Å². The maximum Gasteiger partial charge on any atom is 0.320 e. The number of urea groups is 1. The highest BCUT2D eigenvalue weighted by Crippen LogP contribution is 2.05. The number of aromatic nitrogens is 2. The molecule has 0 aliphatic heterocycles. The molecule has 0 unspecified atom stereocenters. The van der Waals surface area contributed by atoms with Crippen molar-refractivity contribution in [3.63, 3.8) is 0 Å². The highest BCUT2D eigenvalue weighted by atomic mass is 16.2. The highest BCUT2D eigenvalue weighted by Gasteiger charge is 2.04. The summed E-state index contributed by atoms with van der Waals surface area (Å²) in [6.07, 6.45) is 0. The third-order valence-corrected chi connectivity index (χ3v) is 2.19. The smallest absolute Gasteiger partial charge is 0.320 e. The molecule has 1 aromatic rings. The maximum absolute atomic E-state index is 11.4. The van der Waals surface area contributed by atoms with E-state index in [0.717, 1.165) is 13.1 Å². The van der Waals surface area contributed by atoms with E-state index < -0.39 is 0 Å². The van der Waals surface area contributed by atoms with Crippen molar-refractivity contribution in [1.29, 1.82) is 0 Å². The Hall–Kier alpha value is -1.89. The molecule has 0 saturated heterocycles. The van der Waals surface area contributed by atoms with Crippen LogP contribution in [-0.2, 0) is 0 Å². The van der Waals surface area contributed by atoms with E-state index in [4.69, 9.17) is 0 Å². The molecule has 1 heterocycles. The number of nitrogens with zero attached hydrogens (tertiary/aromatic N) is 3. The third kappa shape index (κ3) is 6.56. The van der Waals surface area contributed by atoms with Crippen molar-refractivity contribution in [2.75, 3.05) is 37.8 Å². The molecule has 0 aliphatic rings. The lowest BCUT2D eigenvalue weighted by atomic mass is 10.4. The van der Waals surface area contributed by atoms with Crippen molar-refractivity contribution in [2.45, 2.75) is 19.9 Å². The summed E-state index contributed by atoms with van der Waals surface area (Å²) in [4.78, 5) is 13.5. The highest BCUT2D eigenvalue weighted by molar-refractivity contribution is 5.88. The van der Waals surface area contributed by atoms with Crippen LogP contribution in [-0.4, -0.2) is 54.4 Å². The van der Waals surface area contributed by atoms with Crippen molar-refractivity contribution in [2.24, 2.45) is 0 Å². The van der Waals surface area contributed by atoms with Crippen LogP contribution in [0.4, 0.5) is 16.4 Å². The van der Waals surface area contributed by atoms with Crippen LogP contribution in [0.1, 0.15) is 13.8 Å². The molecule has 2 amide bonds. The Morgan fingerprint density at radius 2 is 1.89 bits per heavy atom. The van der Waals surface area contributed by atoms with E-state index in [9.17, 15) is 4.79 Å². The number of hydrogen-bond donors (Lipinski definition) is 3. The lowest BCUT2D eigenvalue weighted by Crippen LogP contribution is -2.34. The van der Waals surface area contributed by atoms with Gasteiger partial charge in [0.15, 0.2) is 5.82 Å². The minimum Gasteiger partial charge on any atom is -0.367 e. The number of hydrogen-bond acceptors (Lipinski definition) is 5. The second-order valence-electron chi connectivity index (χ2n) is 4.79. The standard InChI is InChI=1S/C12H22N6O/c1-9(2)14-12(19)15-11-6-5-10(16-17-11)13-7-8-18(3)4/h5-6,9H,7-8H2,1-4H3,(H,13,16)(H2,14,15,17,19). The molecule has 106 valence electrons. The number of carbonyl (C=O) groups excluding carboxylic acids is 1. The van der Waals surface area contributed by atoms with Gasteiger partial charge >= 0.3 is 6.03 Å². The Balaban J connectivity index is 2.41. The first-order valence-corrected chi connectivity index (χ1v) is 6.27. The monoisotopic (exact) mass is 266 g/mol. The fourth-order valence-electron chi connectivity index (χ4n) is 1.32. The van der Waals surface area contributed by atoms with Crippen LogP contribution >= 0.6 is 0 Å². The van der Waals surface area contributed by atoms with E-state index in [1.165, 1.54) is 0 Å². The first-order valence-electron chi connectivity index (χ1n) is 6.27. The number of likely N-dealkylation sites (N-methyl/N-ethyl adjacent to an activating group) is 1. The van der Waals surface area contributed by atoms with Gasteiger partial charge in [-0.2, -0.15) is 0 Å². The van der Waals surface area contributed by atoms with E-state index in [1.54, 1.807) is 12.1 Å². The van der Waals surface area contributed by atoms with E-state index >= 15 is 0 Å². The quantitative estimate of drug-likeness (QED) is 0.715. The number of amides is 2. The minimum atomic E-state index is -0.280. The molecule has 0 radical (unpaired) electrons. The number of carbonyl (C=O) groups is 1. The van der Waals surface area contributed by atoms with Crippen molar-refractivity contribution in [3.8, 4) is 0 Å². The summed E-state index contributed by atoms with van der Waals surface area (Å²) in [6.45, 7) is 5.49. The zero-order valence-electron chi connectivity index (χ0n) is 11.9. The van der Waals surface area contributed by atoms with Gasteiger partial charge in [-0.1, -0.05) is 0 Å². The topological polar surface area (TPSA) is 82.2 Å². The number of anilines is 2. The Bertz CT molecular complexity index is 390. The Kier molecular flexibility index (Phi) is 6.01. The van der Waals surface area contributed by atoms with E-state index in [1.807, 2.05) is 27.9 Å². The fraction of sp³-hybridized carbons (Fsp3) is 0.583. The molecule has 1 aromatic heterocycles. The number of rotatable bonds is 6. The second kappa shape index (κ2) is 7.52. The molecule has 7 heteroatoms. The lowest BCUT2D eigenvalue weighted by molar-refractivity contribution is 0.250. The Morgan fingerprint density at radius 1 is 1.26 bits per heavy atom. The lowest BCUT2D eigenvalue weighted by Gasteiger charge is -2.11. The molecular formula is C12H22N6O. The van der Waals surface area contributed by atoms with Gasteiger partial charge in [-0.05, 0) is 40.1 Å². The predicted molar refractivity (Wildman–Crippen MR) is 76.4 cm³/mol. The molecule has 0 atom stereocenters. The van der Waals surface area contributed by atoms with Crippen LogP contribution in [0, 0.1) is 0 Å². The van der Waals surface area contributed by atoms with Crippen LogP contribution in [0.5, 0.6) is 0 Å². The molecular weight excluding hydrogens is 244 g/mol. The SMILES string of the molecule is CC(C)NC(=O)Nc1ccc(NCCN(C)C)nn1. The normalized spacial score (nSPS) is 10.6. The minimum absolute atomic E-state index is 0.0833. The first-order chi connectivity index (χ1) is 8.97. The number of nitrogens with one attached hydrogen (secondary N) is 3. The van der Waals surface area contributed by atoms with Crippen molar-refractivity contribution in [1.82, 2.24) is 20.4 Å². The molecule has 0 fully saturated rings. The third-order valence-electron chi connectivity index (χ3n) is 2.19. The summed E-state index contributed by atoms with van der Waals surface area (Å²) in [5.74, 6) is 1.12. The summed E-state index contributed by atoms with van der Waals surface area (Å²) in [5, 5.41) is 16.4. The van der Waals surface area contributed by atoms with Gasteiger partial charge in [-0.3, -0.25) is 5.32 Å². The van der Waals surface area contributed by atoms with Gasteiger partial charge in [-0.15, -0.1) is 10.2 Å². The van der Waals surface area contributed by atoms with Crippen LogP contribution in [0.2, 0.25) is 0 Å². The molecule has 0 saturated carbocycles. The molecule has 1 rings (SSSR count). The average molecular weight is 266 g/mol. The molecule has 0 bridgehead atoms. The van der Waals surface area contributed by atoms with Gasteiger partial charge in [0.25, 0.3) is 0 Å². The Labute approximate surface area is 113 Å². The molecule has 19 heavy (non-hydrogen) atoms. The summed E-state index contributed by atoms with van der Waals surface area (Å²) >= 11 is 0. The van der Waals surface area contributed by atoms with E-state index in [0.29, 0.717) is 11.6 Å². The van der Waals surface area contributed by atoms with Crippen molar-refractivity contribution >= 4 is 17.7 Å². The van der Waals surface area contributed by atoms with Crippen LogP contribution in [0.15, 0.2) is 12.1 Å². The average Bonchev–Trinajstić information content (AvgIpc) is 2.29. The van der Waals surface area contributed by atoms with Gasteiger partial charge in [0.1, 0.15) is 5.82 Å². The summed E-state index contributed by atoms with van der Waals surface area (Å²) in [7, 11) is 4.02. The molecule has 3 N–H and O–H groups in total. The molecule has 7 nitrogen and oxygen atoms in total. The van der Waals surface area contributed by atoms with Gasteiger partial charge in [0.2, 0.25) is 0 Å². The largest absolute Gasteiger partial charge is 0.367 e. The predicted octanol–water partition coefficient (Wildman–Crippen LogP) is 0.980. The van der Waals surface area contributed by atoms with Gasteiger partial charge in [0.05, 0.1) is 0 Å². The molecule has 0 aromatic carbocycles. The summed E-state index contributed by atoms with van der Waals surface area (Å²) in [5.41, 5.74) is 0. The van der Waals surface area contributed by atoms with Gasteiger partial charge < -0.3 is 15.5 Å². The zero-order valence-corrected chi connectivity index (χ0v) is 11.9. The molecule has 0 aliphatic carbocycles. The van der Waals surface area contributed by atoms with E-state index in [2.05, 4.69) is 31.0 Å². The first kappa shape index (κ1) is 15.2. The molecule has 0 spiro atoms. The Morgan fingerprint density at radius 3 is 2.42 bits per heavy atom. The summed E-state index contributed by atoms with van der Waals surface area (Å²) < 4.78 is 0. The van der Waals surface area contributed by atoms with Crippen molar-refractivity contribution < 1.29 is 4.79 Å². The van der Waals surface area contributed by atoms with E-state index in [-0.39, 0.29) is 12.1 Å². The van der Waals surface area contributed by atoms with Gasteiger partial charge in [-0.25, -0.2) is 4.79 Å². The van der Waals surface area contributed by atoms with Gasteiger partial charge in [0, 0.05) is 19.1 Å². The summed E-state index contributed by atoms with van der Waals surface area (Å²) in [6, 6.07) is 3.30.